The van der Waals surface area contributed by atoms with E-state index in [1.807, 2.05) is 24.3 Å². The van der Waals surface area contributed by atoms with Gasteiger partial charge in [0, 0.05) is 11.6 Å². The molecule has 2 N–H and O–H groups in total. The Bertz CT molecular complexity index is 542. The first kappa shape index (κ1) is 14.0. The highest BCUT2D eigenvalue weighted by atomic mass is 35.5. The van der Waals surface area contributed by atoms with Gasteiger partial charge in [-0.15, -0.1) is 0 Å². The molecule has 0 saturated heterocycles. The smallest absolute Gasteiger partial charge is 0.123 e. The van der Waals surface area contributed by atoms with Crippen LogP contribution >= 0.6 is 11.6 Å². The highest BCUT2D eigenvalue weighted by Gasteiger charge is 2.03. The Morgan fingerprint density at radius 3 is 2.42 bits per heavy atom. The van der Waals surface area contributed by atoms with Gasteiger partial charge in [-0.1, -0.05) is 29.8 Å². The third kappa shape index (κ3) is 4.03. The number of halogens is 2. The van der Waals surface area contributed by atoms with Crippen LogP contribution in [0.15, 0.2) is 42.5 Å². The first-order valence-corrected chi connectivity index (χ1v) is 6.36. The monoisotopic (exact) mass is 279 g/mol. The van der Waals surface area contributed by atoms with E-state index in [9.17, 15) is 4.39 Å². The second-order valence-corrected chi connectivity index (χ2v) is 4.67. The fraction of sp³-hybridized carbons (Fsp3) is 0.200. The van der Waals surface area contributed by atoms with Gasteiger partial charge in [-0.2, -0.15) is 0 Å². The summed E-state index contributed by atoms with van der Waals surface area (Å²) < 4.78 is 18.7. The van der Waals surface area contributed by atoms with Crippen LogP contribution in [0.25, 0.3) is 0 Å². The van der Waals surface area contributed by atoms with Crippen LogP contribution in [0, 0.1) is 5.82 Å². The van der Waals surface area contributed by atoms with Crippen LogP contribution in [0.2, 0.25) is 5.02 Å². The van der Waals surface area contributed by atoms with Gasteiger partial charge in [0.1, 0.15) is 5.82 Å². The average Bonchev–Trinajstić information content (AvgIpc) is 2.41. The lowest BCUT2D eigenvalue weighted by molar-refractivity contribution is 0.106. The molecule has 19 heavy (non-hydrogen) atoms. The van der Waals surface area contributed by atoms with Crippen molar-refractivity contribution in [1.29, 1.82) is 0 Å². The number of ether oxygens (including phenoxy) is 1. The van der Waals surface area contributed by atoms with Crippen molar-refractivity contribution in [3.8, 4) is 0 Å². The summed E-state index contributed by atoms with van der Waals surface area (Å²) in [4.78, 5) is 0. The minimum Gasteiger partial charge on any atom is -0.372 e. The lowest BCUT2D eigenvalue weighted by Gasteiger charge is -2.09. The van der Waals surface area contributed by atoms with Crippen LogP contribution in [-0.4, -0.2) is 0 Å². The van der Waals surface area contributed by atoms with Gasteiger partial charge in [-0.3, -0.25) is 0 Å². The number of hydrogen-bond donors (Lipinski definition) is 1. The van der Waals surface area contributed by atoms with Gasteiger partial charge in [0.15, 0.2) is 0 Å². The minimum absolute atomic E-state index is 0.276. The lowest BCUT2D eigenvalue weighted by atomic mass is 10.1. The van der Waals surface area contributed by atoms with Crippen molar-refractivity contribution >= 4 is 11.6 Å². The van der Waals surface area contributed by atoms with Crippen molar-refractivity contribution in [2.45, 2.75) is 19.8 Å². The maximum absolute atomic E-state index is 13.2. The number of nitrogens with two attached hydrogens (primary N) is 1. The van der Waals surface area contributed by atoms with Crippen LogP contribution < -0.4 is 5.73 Å². The zero-order valence-corrected chi connectivity index (χ0v) is 11.2. The van der Waals surface area contributed by atoms with E-state index in [1.54, 1.807) is 6.07 Å². The van der Waals surface area contributed by atoms with Gasteiger partial charge in [0.2, 0.25) is 0 Å². The molecule has 4 heteroatoms. The summed E-state index contributed by atoms with van der Waals surface area (Å²) in [5.41, 5.74) is 8.32. The van der Waals surface area contributed by atoms with E-state index in [2.05, 4.69) is 0 Å². The molecule has 100 valence electrons. The van der Waals surface area contributed by atoms with Crippen molar-refractivity contribution in [3.05, 3.63) is 70.0 Å². The largest absolute Gasteiger partial charge is 0.372 e. The number of rotatable bonds is 5. The molecule has 2 aromatic rings. The van der Waals surface area contributed by atoms with E-state index >= 15 is 0 Å². The maximum Gasteiger partial charge on any atom is 0.123 e. The van der Waals surface area contributed by atoms with Gasteiger partial charge in [-0.25, -0.2) is 4.39 Å². The fourth-order valence-electron chi connectivity index (χ4n) is 1.79. The Morgan fingerprint density at radius 2 is 1.74 bits per heavy atom. The Kier molecular flexibility index (Phi) is 4.91. The lowest BCUT2D eigenvalue weighted by Crippen LogP contribution is -2.04. The Hall–Kier alpha value is -1.42. The fourth-order valence-corrected chi connectivity index (χ4v) is 1.91. The Labute approximate surface area is 117 Å². The minimum atomic E-state index is -0.276. The molecule has 0 atom stereocenters. The third-order valence-electron chi connectivity index (χ3n) is 2.83. The maximum atomic E-state index is 13.2. The molecule has 2 aromatic carbocycles. The summed E-state index contributed by atoms with van der Waals surface area (Å²) in [5, 5.41) is 0.694. The second kappa shape index (κ2) is 6.66. The highest BCUT2D eigenvalue weighted by Crippen LogP contribution is 2.14. The van der Waals surface area contributed by atoms with E-state index in [-0.39, 0.29) is 5.82 Å². The molecule has 0 aliphatic carbocycles. The number of hydrogen-bond acceptors (Lipinski definition) is 2. The summed E-state index contributed by atoms with van der Waals surface area (Å²) in [6.45, 7) is 1.17. The molecule has 0 aliphatic heterocycles. The van der Waals surface area contributed by atoms with E-state index in [0.29, 0.717) is 24.8 Å². The molecule has 0 radical (unpaired) electrons. The molecule has 0 saturated carbocycles. The van der Waals surface area contributed by atoms with Crippen LogP contribution in [-0.2, 0) is 24.5 Å². The SMILES string of the molecule is NCc1ccc(F)cc1COCc1ccc(Cl)cc1. The molecule has 0 bridgehead atoms. The molecule has 2 rings (SSSR count). The summed E-state index contributed by atoms with van der Waals surface area (Å²) in [6.07, 6.45) is 0. The van der Waals surface area contributed by atoms with Gasteiger partial charge in [0.05, 0.1) is 13.2 Å². The number of benzene rings is 2. The van der Waals surface area contributed by atoms with Crippen molar-refractivity contribution in [3.63, 3.8) is 0 Å². The van der Waals surface area contributed by atoms with Gasteiger partial charge in [0.25, 0.3) is 0 Å². The topological polar surface area (TPSA) is 35.2 Å². The highest BCUT2D eigenvalue weighted by molar-refractivity contribution is 6.30. The molecule has 0 unspecified atom stereocenters. The Balaban J connectivity index is 1.95. The van der Waals surface area contributed by atoms with E-state index in [0.717, 1.165) is 16.7 Å². The third-order valence-corrected chi connectivity index (χ3v) is 3.08. The summed E-state index contributed by atoms with van der Waals surface area (Å²) in [5.74, 6) is -0.276. The molecular formula is C15H15ClFNO. The van der Waals surface area contributed by atoms with Crippen molar-refractivity contribution in [1.82, 2.24) is 0 Å². The molecule has 0 fully saturated rings. The Morgan fingerprint density at radius 1 is 1.00 bits per heavy atom. The van der Waals surface area contributed by atoms with Crippen LogP contribution in [0.5, 0.6) is 0 Å². The molecule has 2 nitrogen and oxygen atoms in total. The van der Waals surface area contributed by atoms with Crippen molar-refractivity contribution in [2.24, 2.45) is 5.73 Å². The first-order valence-electron chi connectivity index (χ1n) is 5.98. The van der Waals surface area contributed by atoms with E-state index < -0.39 is 0 Å². The molecule has 0 aliphatic rings. The molecule has 0 aromatic heterocycles. The van der Waals surface area contributed by atoms with E-state index in [4.69, 9.17) is 22.1 Å². The quantitative estimate of drug-likeness (QED) is 0.907. The zero-order chi connectivity index (χ0) is 13.7. The summed E-state index contributed by atoms with van der Waals surface area (Å²) >= 11 is 5.80. The van der Waals surface area contributed by atoms with Crippen LogP contribution in [0.4, 0.5) is 4.39 Å². The molecule has 0 spiro atoms. The van der Waals surface area contributed by atoms with Crippen LogP contribution in [0.3, 0.4) is 0 Å². The van der Waals surface area contributed by atoms with Crippen LogP contribution in [0.1, 0.15) is 16.7 Å². The van der Waals surface area contributed by atoms with Crippen molar-refractivity contribution in [2.75, 3.05) is 0 Å². The molecule has 0 heterocycles. The van der Waals surface area contributed by atoms with Gasteiger partial charge >= 0.3 is 0 Å². The molecular weight excluding hydrogens is 265 g/mol. The molecule has 0 amide bonds. The summed E-state index contributed by atoms with van der Waals surface area (Å²) in [7, 11) is 0. The van der Waals surface area contributed by atoms with Gasteiger partial charge in [-0.05, 0) is 41.0 Å². The predicted octanol–water partition coefficient (Wildman–Crippen LogP) is 3.65. The normalized spacial score (nSPS) is 10.7. The van der Waals surface area contributed by atoms with Gasteiger partial charge < -0.3 is 10.5 Å². The van der Waals surface area contributed by atoms with Crippen molar-refractivity contribution < 1.29 is 9.13 Å². The second-order valence-electron chi connectivity index (χ2n) is 4.24. The standard InChI is InChI=1S/C15H15ClFNO/c16-14-4-1-11(2-5-14)9-19-10-13-7-15(17)6-3-12(13)8-18/h1-7H,8-10,18H2. The average molecular weight is 280 g/mol. The first-order chi connectivity index (χ1) is 9.19. The summed E-state index contributed by atoms with van der Waals surface area (Å²) in [6, 6.07) is 12.0. The predicted molar refractivity (Wildman–Crippen MR) is 74.2 cm³/mol. The zero-order valence-electron chi connectivity index (χ0n) is 10.4. The van der Waals surface area contributed by atoms with E-state index in [1.165, 1.54) is 12.1 Å².